The van der Waals surface area contributed by atoms with Crippen molar-refractivity contribution >= 4 is 0 Å². The number of halogens is 5. The maximum absolute atomic E-state index is 15.3. The molecular formula is C30H40F5NO. The van der Waals surface area contributed by atoms with E-state index in [4.69, 9.17) is 4.74 Å². The minimum atomic E-state index is -3.24. The molecule has 206 valence electrons. The summed E-state index contributed by atoms with van der Waals surface area (Å²) < 4.78 is 78.3. The van der Waals surface area contributed by atoms with Crippen molar-refractivity contribution < 1.29 is 26.7 Å². The van der Waals surface area contributed by atoms with Gasteiger partial charge in [0, 0.05) is 11.5 Å². The normalized spacial score (nSPS) is 18.3. The van der Waals surface area contributed by atoms with Crippen molar-refractivity contribution in [2.45, 2.75) is 109 Å². The van der Waals surface area contributed by atoms with E-state index in [-0.39, 0.29) is 12.1 Å². The van der Waals surface area contributed by atoms with Crippen LogP contribution in [0.2, 0.25) is 0 Å². The van der Waals surface area contributed by atoms with Gasteiger partial charge in [0.1, 0.15) is 18.5 Å². The number of benzene rings is 1. The van der Waals surface area contributed by atoms with Gasteiger partial charge < -0.3 is 4.74 Å². The predicted molar refractivity (Wildman–Crippen MR) is 138 cm³/mol. The van der Waals surface area contributed by atoms with Gasteiger partial charge in [-0.05, 0) is 61.6 Å². The van der Waals surface area contributed by atoms with Crippen molar-refractivity contribution in [2.75, 3.05) is 6.61 Å². The second-order valence-corrected chi connectivity index (χ2v) is 10.3. The largest absolute Gasteiger partial charge is 0.490 e. The Hall–Kier alpha value is -2.18. The van der Waals surface area contributed by atoms with E-state index in [1.54, 1.807) is 37.3 Å². The molecular weight excluding hydrogens is 485 g/mol. The fourth-order valence-electron chi connectivity index (χ4n) is 5.11. The van der Waals surface area contributed by atoms with Gasteiger partial charge in [0.25, 0.3) is 5.92 Å². The predicted octanol–water partition coefficient (Wildman–Crippen LogP) is 9.54. The van der Waals surface area contributed by atoms with Crippen LogP contribution in [0.4, 0.5) is 22.0 Å². The van der Waals surface area contributed by atoms with Crippen LogP contribution in [0, 0.1) is 11.9 Å². The number of aryl methyl sites for hydroxylation is 1. The number of aromatic nitrogens is 1. The molecule has 0 N–H and O–H groups in total. The van der Waals surface area contributed by atoms with Gasteiger partial charge in [-0.2, -0.15) is 4.39 Å². The Bertz CT molecular complexity index is 965. The van der Waals surface area contributed by atoms with Crippen molar-refractivity contribution in [3.63, 3.8) is 0 Å². The van der Waals surface area contributed by atoms with E-state index in [1.807, 2.05) is 0 Å². The molecule has 0 amide bonds. The van der Waals surface area contributed by atoms with Crippen LogP contribution in [0.25, 0.3) is 11.3 Å². The van der Waals surface area contributed by atoms with Crippen LogP contribution >= 0.6 is 0 Å². The molecule has 1 aliphatic rings. The van der Waals surface area contributed by atoms with Crippen molar-refractivity contribution in [1.82, 2.24) is 4.98 Å². The van der Waals surface area contributed by atoms with E-state index in [0.29, 0.717) is 42.6 Å². The lowest BCUT2D eigenvalue weighted by molar-refractivity contribution is -0.0824. The first kappa shape index (κ1) is 29.4. The van der Waals surface area contributed by atoms with Crippen LogP contribution in [-0.4, -0.2) is 23.9 Å². The van der Waals surface area contributed by atoms with Crippen LogP contribution in [-0.2, 0) is 12.3 Å². The number of alkyl halides is 4. The topological polar surface area (TPSA) is 22.1 Å². The highest BCUT2D eigenvalue weighted by atomic mass is 19.3. The molecule has 0 saturated carbocycles. The van der Waals surface area contributed by atoms with Crippen molar-refractivity contribution in [3.8, 4) is 17.0 Å². The number of fused-ring (bicyclic) bond motifs is 1. The van der Waals surface area contributed by atoms with Gasteiger partial charge in [0.05, 0.1) is 11.3 Å². The highest BCUT2D eigenvalue weighted by Crippen LogP contribution is 2.47. The average molecular weight is 526 g/mol. The molecule has 0 radical (unpaired) electrons. The molecule has 7 heteroatoms. The summed E-state index contributed by atoms with van der Waals surface area (Å²) in [7, 11) is 0. The van der Waals surface area contributed by atoms with Crippen molar-refractivity contribution in [2.24, 2.45) is 5.92 Å². The molecule has 2 aromatic rings. The number of unbranched alkanes of at least 4 members (excludes halogenated alkanes) is 6. The molecule has 1 aliphatic carbocycles. The molecule has 0 fully saturated rings. The third-order valence-electron chi connectivity index (χ3n) is 7.34. The van der Waals surface area contributed by atoms with Gasteiger partial charge >= 0.3 is 0 Å². The molecule has 1 aromatic heterocycles. The summed E-state index contributed by atoms with van der Waals surface area (Å²) in [5.74, 6) is -4.88. The minimum Gasteiger partial charge on any atom is -0.490 e. The summed E-state index contributed by atoms with van der Waals surface area (Å²) in [4.78, 5) is 3.88. The number of hydrogen-bond acceptors (Lipinski definition) is 2. The maximum Gasteiger partial charge on any atom is 0.280 e. The second-order valence-electron chi connectivity index (χ2n) is 10.3. The first-order valence-electron chi connectivity index (χ1n) is 13.9. The Morgan fingerprint density at radius 2 is 1.62 bits per heavy atom. The summed E-state index contributed by atoms with van der Waals surface area (Å²) in [6, 6.07) is 7.88. The van der Waals surface area contributed by atoms with Crippen molar-refractivity contribution in [3.05, 3.63) is 47.4 Å². The molecule has 3 unspecified atom stereocenters. The number of nitrogens with zero attached hydrogens (tertiary/aromatic N) is 1. The monoisotopic (exact) mass is 525 g/mol. The first-order chi connectivity index (χ1) is 17.8. The molecule has 0 bridgehead atoms. The van der Waals surface area contributed by atoms with E-state index in [9.17, 15) is 13.2 Å². The van der Waals surface area contributed by atoms with Crippen LogP contribution in [0.5, 0.6) is 5.75 Å². The second kappa shape index (κ2) is 14.1. The maximum atomic E-state index is 15.3. The molecule has 2 nitrogen and oxygen atoms in total. The Kier molecular flexibility index (Phi) is 11.2. The van der Waals surface area contributed by atoms with E-state index in [2.05, 4.69) is 11.9 Å². The summed E-state index contributed by atoms with van der Waals surface area (Å²) in [6.45, 7) is 3.54. The zero-order valence-electron chi connectivity index (χ0n) is 22.1. The Balaban J connectivity index is 1.61. The van der Waals surface area contributed by atoms with Gasteiger partial charge in [0.2, 0.25) is 5.95 Å². The quantitative estimate of drug-likeness (QED) is 0.131. The molecule has 3 atom stereocenters. The van der Waals surface area contributed by atoms with Gasteiger partial charge in [-0.15, -0.1) is 0 Å². The molecule has 0 aliphatic heterocycles. The van der Waals surface area contributed by atoms with Crippen LogP contribution in [0.15, 0.2) is 30.3 Å². The molecule has 1 aromatic carbocycles. The number of ether oxygens (including phenoxy) is 1. The molecule has 3 rings (SSSR count). The Morgan fingerprint density at radius 1 is 0.946 bits per heavy atom. The van der Waals surface area contributed by atoms with Gasteiger partial charge in [-0.25, -0.2) is 22.5 Å². The number of rotatable bonds is 15. The highest BCUT2D eigenvalue weighted by Gasteiger charge is 2.47. The summed E-state index contributed by atoms with van der Waals surface area (Å²) in [5, 5.41) is 0. The third kappa shape index (κ3) is 7.90. The smallest absolute Gasteiger partial charge is 0.280 e. The van der Waals surface area contributed by atoms with Crippen LogP contribution in [0.1, 0.15) is 95.6 Å². The number of pyridine rings is 1. The summed E-state index contributed by atoms with van der Waals surface area (Å²) in [5.41, 5.74) is 0.541. The molecule has 0 spiro atoms. The van der Waals surface area contributed by atoms with Gasteiger partial charge in [0.15, 0.2) is 6.17 Å². The minimum absolute atomic E-state index is 0.137. The van der Waals surface area contributed by atoms with E-state index in [1.165, 1.54) is 19.3 Å². The van der Waals surface area contributed by atoms with Crippen LogP contribution in [0.3, 0.4) is 0 Å². The summed E-state index contributed by atoms with van der Waals surface area (Å²) in [6.07, 6.45) is 5.94. The Morgan fingerprint density at radius 3 is 2.30 bits per heavy atom. The lowest BCUT2D eigenvalue weighted by Crippen LogP contribution is -2.33. The van der Waals surface area contributed by atoms with E-state index < -0.39 is 42.3 Å². The lowest BCUT2D eigenvalue weighted by Gasteiger charge is -2.33. The lowest BCUT2D eigenvalue weighted by atomic mass is 9.78. The SMILES string of the molecule is CCCCCCCCCC1CCc2cc(-c3ccc(OCC(F)C(F)CCC)cc3)nc(F)c2C1(F)F. The fraction of sp³-hybridized carbons (Fsp3) is 0.633. The molecule has 1 heterocycles. The Labute approximate surface area is 218 Å². The third-order valence-corrected chi connectivity index (χ3v) is 7.34. The first-order valence-corrected chi connectivity index (χ1v) is 13.9. The van der Waals surface area contributed by atoms with E-state index in [0.717, 1.165) is 25.7 Å². The van der Waals surface area contributed by atoms with Crippen molar-refractivity contribution in [1.29, 1.82) is 0 Å². The number of hydrogen-bond donors (Lipinski definition) is 0. The zero-order chi connectivity index (χ0) is 26.8. The average Bonchev–Trinajstić information content (AvgIpc) is 2.87. The molecule has 37 heavy (non-hydrogen) atoms. The highest BCUT2D eigenvalue weighted by molar-refractivity contribution is 5.62. The summed E-state index contributed by atoms with van der Waals surface area (Å²) >= 11 is 0. The standard InChI is InChI=1S/C30H40F5NO/c1-3-5-6-7-8-9-10-12-23-16-13-22-19-27(36-29(33)28(22)30(23,34)35)21-14-17-24(18-15-21)37-20-26(32)25(31)11-4-2/h14-15,17-19,23,25-26H,3-13,16,20H2,1-2H3. The van der Waals surface area contributed by atoms with Crippen LogP contribution < -0.4 is 4.74 Å². The zero-order valence-corrected chi connectivity index (χ0v) is 22.1. The fourth-order valence-corrected chi connectivity index (χ4v) is 5.11. The van der Waals surface area contributed by atoms with Gasteiger partial charge in [-0.1, -0.05) is 65.2 Å². The molecule has 0 saturated heterocycles. The van der Waals surface area contributed by atoms with Gasteiger partial charge in [-0.3, -0.25) is 0 Å². The van der Waals surface area contributed by atoms with E-state index >= 15 is 8.78 Å².